The molecule has 14 heteroatoms. The molecule has 2 saturated heterocycles. The highest BCUT2D eigenvalue weighted by atomic mass is 31.2. The van der Waals surface area contributed by atoms with Crippen molar-refractivity contribution in [3.8, 4) is 0 Å². The molecule has 3 heterocycles. The summed E-state index contributed by atoms with van der Waals surface area (Å²) in [6, 6.07) is 1.17. The molecule has 0 aromatic carbocycles. The number of nitrogens with two attached hydrogens (primary N) is 1. The normalized spacial score (nSPS) is 31.1. The lowest BCUT2D eigenvalue weighted by molar-refractivity contribution is -0.148. The molecule has 0 amide bonds. The fourth-order valence-corrected chi connectivity index (χ4v) is 4.39. The molecule has 2 aliphatic rings. The highest BCUT2D eigenvalue weighted by Crippen LogP contribution is 2.59. The van der Waals surface area contributed by atoms with E-state index < -0.39 is 56.4 Å². The summed E-state index contributed by atoms with van der Waals surface area (Å²) in [5.41, 5.74) is 4.33. The fourth-order valence-electron chi connectivity index (χ4n) is 2.98. The van der Waals surface area contributed by atoms with E-state index in [0.717, 1.165) is 6.20 Å². The maximum absolute atomic E-state index is 14.9. The highest BCUT2D eigenvalue weighted by molar-refractivity contribution is 7.48. The Bertz CT molecular complexity index is 897. The van der Waals surface area contributed by atoms with Crippen LogP contribution in [0, 0.1) is 5.92 Å². The van der Waals surface area contributed by atoms with Crippen LogP contribution in [0.1, 0.15) is 26.5 Å². The third-order valence-corrected chi connectivity index (χ3v) is 6.03. The molecule has 3 rings (SSSR count). The minimum atomic E-state index is -4.34. The van der Waals surface area contributed by atoms with Crippen molar-refractivity contribution in [2.45, 2.75) is 44.6 Å². The first-order valence-electron chi connectivity index (χ1n) is 9.19. The number of fused-ring (bicyclic) bond motifs is 1. The number of hydrogen-bond donors (Lipinski definition) is 1. The van der Waals surface area contributed by atoms with E-state index in [9.17, 15) is 22.9 Å². The van der Waals surface area contributed by atoms with Crippen LogP contribution in [0.15, 0.2) is 17.1 Å². The molecule has 0 aliphatic carbocycles. The van der Waals surface area contributed by atoms with Crippen LogP contribution in [0.3, 0.4) is 0 Å². The second-order valence-electron chi connectivity index (χ2n) is 6.79. The maximum atomic E-state index is 14.9. The van der Waals surface area contributed by atoms with Gasteiger partial charge >= 0.3 is 25.4 Å². The lowest BCUT2D eigenvalue weighted by Gasteiger charge is -2.31. The molecule has 1 unspecified atom stereocenters. The summed E-state index contributed by atoms with van der Waals surface area (Å²) in [7, 11) is -4.34. The summed E-state index contributed by atoms with van der Waals surface area (Å²) in [5.74, 6) is -4.90. The van der Waals surface area contributed by atoms with Gasteiger partial charge in [-0.3, -0.25) is 22.9 Å². The van der Waals surface area contributed by atoms with Crippen molar-refractivity contribution in [1.82, 2.24) is 9.55 Å². The van der Waals surface area contributed by atoms with Crippen molar-refractivity contribution < 1.29 is 41.2 Å². The van der Waals surface area contributed by atoms with Crippen LogP contribution >= 0.6 is 7.82 Å². The number of halogens is 2. The van der Waals surface area contributed by atoms with Gasteiger partial charge in [-0.25, -0.2) is 9.36 Å². The van der Waals surface area contributed by atoms with Crippen LogP contribution < -0.4 is 11.4 Å². The summed E-state index contributed by atoms with van der Waals surface area (Å²) in [4.78, 5) is 26.9. The Morgan fingerprint density at radius 3 is 2.93 bits per heavy atom. The van der Waals surface area contributed by atoms with Gasteiger partial charge in [0.2, 0.25) is 6.23 Å². The molecule has 2 fully saturated rings. The van der Waals surface area contributed by atoms with Crippen molar-refractivity contribution in [2.75, 3.05) is 25.6 Å². The van der Waals surface area contributed by atoms with Crippen LogP contribution in [-0.4, -0.2) is 53.5 Å². The van der Waals surface area contributed by atoms with Crippen LogP contribution in [0.4, 0.5) is 14.6 Å². The predicted molar refractivity (Wildman–Crippen MR) is 96.6 cm³/mol. The molecule has 5 atom stereocenters. The number of aromatic nitrogens is 2. The number of carbonyl (C=O) groups excluding carboxylic acids is 1. The molecule has 0 saturated carbocycles. The van der Waals surface area contributed by atoms with Gasteiger partial charge in [-0.05, 0) is 19.4 Å². The largest absolute Gasteiger partial charge is 0.475 e. The zero-order valence-corrected chi connectivity index (χ0v) is 17.1. The smallest absolute Gasteiger partial charge is 0.466 e. The number of ether oxygens (including phenoxy) is 2. The molecular formula is C16H22F2N3O8P. The van der Waals surface area contributed by atoms with E-state index in [1.54, 1.807) is 13.8 Å². The number of rotatable bonds is 7. The van der Waals surface area contributed by atoms with Crippen molar-refractivity contribution in [3.05, 3.63) is 22.7 Å². The van der Waals surface area contributed by atoms with Crippen molar-refractivity contribution in [1.29, 1.82) is 0 Å². The van der Waals surface area contributed by atoms with E-state index in [0.29, 0.717) is 4.57 Å². The second kappa shape index (κ2) is 8.67. The summed E-state index contributed by atoms with van der Waals surface area (Å²) >= 11 is 0. The Balaban J connectivity index is 1.66. The summed E-state index contributed by atoms with van der Waals surface area (Å²) in [6.07, 6.45) is -4.18. The van der Waals surface area contributed by atoms with Gasteiger partial charge in [0.15, 0.2) is 6.10 Å². The lowest BCUT2D eigenvalue weighted by atomic mass is 10.1. The van der Waals surface area contributed by atoms with Gasteiger partial charge in [-0.2, -0.15) is 13.8 Å². The monoisotopic (exact) mass is 453 g/mol. The number of phosphoric acid groups is 1. The zero-order chi connectivity index (χ0) is 22.1. The molecule has 1 aromatic heterocycles. The van der Waals surface area contributed by atoms with E-state index >= 15 is 0 Å². The van der Waals surface area contributed by atoms with E-state index in [2.05, 4.69) is 4.98 Å². The molecule has 11 nitrogen and oxygen atoms in total. The van der Waals surface area contributed by atoms with Crippen molar-refractivity contribution in [3.63, 3.8) is 0 Å². The minimum Gasteiger partial charge on any atom is -0.466 e. The Morgan fingerprint density at radius 2 is 2.27 bits per heavy atom. The summed E-state index contributed by atoms with van der Waals surface area (Å²) < 4.78 is 68.2. The predicted octanol–water partition coefficient (Wildman–Crippen LogP) is 1.49. The van der Waals surface area contributed by atoms with Gasteiger partial charge in [0.05, 0.1) is 25.7 Å². The van der Waals surface area contributed by atoms with Gasteiger partial charge < -0.3 is 15.2 Å². The van der Waals surface area contributed by atoms with E-state index in [1.165, 1.54) is 6.07 Å². The molecule has 0 bridgehead atoms. The van der Waals surface area contributed by atoms with Crippen molar-refractivity contribution in [2.24, 2.45) is 5.92 Å². The molecule has 0 spiro atoms. The Labute approximate surface area is 170 Å². The van der Waals surface area contributed by atoms with Gasteiger partial charge in [-0.1, -0.05) is 6.92 Å². The van der Waals surface area contributed by atoms with Crippen LogP contribution in [0.2, 0.25) is 0 Å². The van der Waals surface area contributed by atoms with E-state index in [1.807, 2.05) is 0 Å². The van der Waals surface area contributed by atoms with Crippen LogP contribution in [-0.2, 0) is 32.4 Å². The number of nitrogen functional groups attached to an aromatic ring is 1. The number of anilines is 1. The number of hydrogen-bond acceptors (Lipinski definition) is 10. The van der Waals surface area contributed by atoms with Gasteiger partial charge in [0, 0.05) is 6.20 Å². The number of carbonyl (C=O) groups is 1. The third-order valence-electron chi connectivity index (χ3n) is 4.58. The third kappa shape index (κ3) is 4.54. The lowest BCUT2D eigenvalue weighted by Crippen LogP contribution is -2.45. The SMILES string of the molecule is CCOC(=O)[C@@H](C)CCOP1(=O)OC[C@H]2O[C@@H](n3ccc(N)nc3=O)C(F)(F)[C@@H]2O1. The highest BCUT2D eigenvalue weighted by Gasteiger charge is 2.65. The first kappa shape index (κ1) is 22.8. The topological polar surface area (TPSA) is 141 Å². The number of alkyl halides is 2. The Morgan fingerprint density at radius 1 is 1.53 bits per heavy atom. The van der Waals surface area contributed by atoms with Gasteiger partial charge in [-0.15, -0.1) is 0 Å². The molecule has 2 N–H and O–H groups in total. The Hall–Kier alpha value is -1.92. The summed E-state index contributed by atoms with van der Waals surface area (Å²) in [6.45, 7) is 2.70. The molecule has 0 radical (unpaired) electrons. The summed E-state index contributed by atoms with van der Waals surface area (Å²) in [5, 5.41) is 0. The maximum Gasteiger partial charge on any atom is 0.475 e. The molecule has 30 heavy (non-hydrogen) atoms. The zero-order valence-electron chi connectivity index (χ0n) is 16.2. The van der Waals surface area contributed by atoms with E-state index in [-0.39, 0.29) is 25.5 Å². The number of nitrogens with zero attached hydrogens (tertiary/aromatic N) is 2. The Kier molecular flexibility index (Phi) is 6.58. The minimum absolute atomic E-state index is 0.117. The average molecular weight is 453 g/mol. The second-order valence-corrected chi connectivity index (χ2v) is 8.41. The van der Waals surface area contributed by atoms with Crippen molar-refractivity contribution >= 4 is 19.6 Å². The molecule has 1 aromatic rings. The quantitative estimate of drug-likeness (QED) is 0.477. The average Bonchev–Trinajstić information content (AvgIpc) is 2.92. The number of phosphoric ester groups is 1. The molecule has 168 valence electrons. The molecular weight excluding hydrogens is 431 g/mol. The van der Waals surface area contributed by atoms with Crippen LogP contribution in [0.25, 0.3) is 0 Å². The van der Waals surface area contributed by atoms with Crippen LogP contribution in [0.5, 0.6) is 0 Å². The van der Waals surface area contributed by atoms with Gasteiger partial charge in [0.25, 0.3) is 0 Å². The first-order chi connectivity index (χ1) is 14.1. The first-order valence-corrected chi connectivity index (χ1v) is 10.7. The van der Waals surface area contributed by atoms with Gasteiger partial charge in [0.1, 0.15) is 11.9 Å². The number of esters is 1. The molecule has 2 aliphatic heterocycles. The fraction of sp³-hybridized carbons (Fsp3) is 0.688. The standard InChI is InChI=1S/C16H22F2N3O8P/c1-3-25-13(22)9(2)5-7-26-30(24)27-8-10-12(29-30)16(17,18)14(28-10)21-6-4-11(19)20-15(21)23/h4,6,9-10,12,14H,3,5,7-8H2,1-2H3,(H2,19,20,23)/t9-,10+,12+,14+,30?/m0/s1. The van der Waals surface area contributed by atoms with E-state index in [4.69, 9.17) is 28.8 Å².